The molecular formula is C11H16N4O5. The zero-order valence-electron chi connectivity index (χ0n) is 11.0. The Morgan fingerprint density at radius 3 is 2.85 bits per heavy atom. The lowest BCUT2D eigenvalue weighted by atomic mass is 10.1. The molecule has 1 unspecified atom stereocenters. The van der Waals surface area contributed by atoms with Gasteiger partial charge in [0, 0.05) is 19.5 Å². The number of hydrogen-bond donors (Lipinski definition) is 2. The number of carboxylic acids is 1. The minimum Gasteiger partial charge on any atom is -0.481 e. The average Bonchev–Trinajstić information content (AvgIpc) is 2.85. The van der Waals surface area contributed by atoms with Crippen LogP contribution in [0.4, 0.5) is 5.82 Å². The average molecular weight is 284 g/mol. The van der Waals surface area contributed by atoms with Gasteiger partial charge in [-0.05, 0) is 16.3 Å². The summed E-state index contributed by atoms with van der Waals surface area (Å²) in [5.41, 5.74) is 0. The zero-order chi connectivity index (χ0) is 15.1. The minimum absolute atomic E-state index is 0.148. The summed E-state index contributed by atoms with van der Waals surface area (Å²) in [5, 5.41) is 21.7. The van der Waals surface area contributed by atoms with E-state index < -0.39 is 16.8 Å². The second-order valence-corrected chi connectivity index (χ2v) is 4.35. The fraction of sp³-hybridized carbons (Fsp3) is 0.545. The van der Waals surface area contributed by atoms with Crippen molar-refractivity contribution in [2.24, 2.45) is 5.92 Å². The number of nitrogens with zero attached hydrogens (tertiary/aromatic N) is 3. The van der Waals surface area contributed by atoms with E-state index in [1.807, 2.05) is 0 Å². The number of carbonyl (C=O) groups is 2. The first-order valence-electron chi connectivity index (χ1n) is 6.06. The Labute approximate surface area is 114 Å². The monoisotopic (exact) mass is 284 g/mol. The van der Waals surface area contributed by atoms with Crippen molar-refractivity contribution in [2.45, 2.75) is 26.3 Å². The Kier molecular flexibility index (Phi) is 5.63. The number of carboxylic acid groups (broad SMARTS) is 1. The van der Waals surface area contributed by atoms with E-state index in [1.54, 1.807) is 6.92 Å². The van der Waals surface area contributed by atoms with Gasteiger partial charge in [-0.25, -0.2) is 0 Å². The number of nitro groups is 1. The summed E-state index contributed by atoms with van der Waals surface area (Å²) in [6.07, 6.45) is 3.05. The Bertz CT molecular complexity index is 499. The third-order valence-electron chi connectivity index (χ3n) is 2.72. The molecule has 1 atom stereocenters. The molecule has 1 amide bonds. The predicted octanol–water partition coefficient (Wildman–Crippen LogP) is 0.408. The van der Waals surface area contributed by atoms with Gasteiger partial charge in [0.15, 0.2) is 0 Å². The molecule has 0 spiro atoms. The normalized spacial score (nSPS) is 11.8. The summed E-state index contributed by atoms with van der Waals surface area (Å²) >= 11 is 0. The minimum atomic E-state index is -0.898. The number of hydrogen-bond acceptors (Lipinski definition) is 5. The third kappa shape index (κ3) is 5.04. The van der Waals surface area contributed by atoms with Crippen molar-refractivity contribution in [3.8, 4) is 0 Å². The quantitative estimate of drug-likeness (QED) is 0.525. The van der Waals surface area contributed by atoms with Crippen molar-refractivity contribution in [1.82, 2.24) is 14.9 Å². The lowest BCUT2D eigenvalue weighted by Crippen LogP contribution is -2.27. The summed E-state index contributed by atoms with van der Waals surface area (Å²) in [5.74, 6) is -1.91. The topological polar surface area (TPSA) is 127 Å². The molecule has 1 aromatic heterocycles. The van der Waals surface area contributed by atoms with Crippen LogP contribution in [0, 0.1) is 16.0 Å². The van der Waals surface area contributed by atoms with E-state index in [4.69, 9.17) is 5.11 Å². The van der Waals surface area contributed by atoms with Gasteiger partial charge in [-0.2, -0.15) is 0 Å². The fourth-order valence-electron chi connectivity index (χ4n) is 1.44. The molecule has 0 saturated heterocycles. The summed E-state index contributed by atoms with van der Waals surface area (Å²) < 4.78 is 1.46. The van der Waals surface area contributed by atoms with E-state index in [-0.39, 0.29) is 31.2 Å². The smallest absolute Gasteiger partial charge is 0.381 e. The van der Waals surface area contributed by atoms with Gasteiger partial charge in [0.2, 0.25) is 12.2 Å². The molecule has 1 aromatic rings. The fourth-order valence-corrected chi connectivity index (χ4v) is 1.44. The molecule has 0 bridgehead atoms. The number of amides is 1. The molecule has 0 aliphatic rings. The number of aromatic nitrogens is 2. The van der Waals surface area contributed by atoms with Crippen molar-refractivity contribution in [3.63, 3.8) is 0 Å². The Morgan fingerprint density at radius 2 is 2.30 bits per heavy atom. The van der Waals surface area contributed by atoms with Gasteiger partial charge >= 0.3 is 11.8 Å². The Hall–Kier alpha value is -2.45. The first kappa shape index (κ1) is 15.6. The maximum absolute atomic E-state index is 11.5. The summed E-state index contributed by atoms with van der Waals surface area (Å²) in [4.78, 5) is 35.4. The van der Waals surface area contributed by atoms with Gasteiger partial charge in [0.05, 0.1) is 5.92 Å². The number of carbonyl (C=O) groups excluding carboxylic acids is 1. The van der Waals surface area contributed by atoms with Gasteiger partial charge in [0.25, 0.3) is 0 Å². The maximum atomic E-state index is 11.5. The summed E-state index contributed by atoms with van der Waals surface area (Å²) in [6, 6.07) is 0. The molecule has 0 aliphatic carbocycles. The summed E-state index contributed by atoms with van der Waals surface area (Å²) in [6.45, 7) is 2.14. The van der Waals surface area contributed by atoms with Crippen molar-refractivity contribution >= 4 is 17.7 Å². The second-order valence-electron chi connectivity index (χ2n) is 4.35. The summed E-state index contributed by atoms with van der Waals surface area (Å²) in [7, 11) is 0. The first-order valence-corrected chi connectivity index (χ1v) is 6.06. The molecule has 0 radical (unpaired) electrons. The van der Waals surface area contributed by atoms with Crippen LogP contribution in [0.1, 0.15) is 19.8 Å². The Balaban J connectivity index is 2.25. The van der Waals surface area contributed by atoms with E-state index in [0.29, 0.717) is 6.42 Å². The van der Waals surface area contributed by atoms with E-state index in [9.17, 15) is 19.7 Å². The molecule has 2 N–H and O–H groups in total. The van der Waals surface area contributed by atoms with Crippen molar-refractivity contribution in [1.29, 1.82) is 0 Å². The zero-order valence-corrected chi connectivity index (χ0v) is 11.0. The van der Waals surface area contributed by atoms with Crippen LogP contribution in [0.5, 0.6) is 0 Å². The lowest BCUT2D eigenvalue weighted by Gasteiger charge is -2.07. The number of aryl methyl sites for hydroxylation is 1. The van der Waals surface area contributed by atoms with Gasteiger partial charge < -0.3 is 25.1 Å². The highest BCUT2D eigenvalue weighted by Gasteiger charge is 2.12. The predicted molar refractivity (Wildman–Crippen MR) is 67.9 cm³/mol. The third-order valence-corrected chi connectivity index (χ3v) is 2.72. The molecule has 9 heteroatoms. The molecule has 0 saturated carbocycles. The van der Waals surface area contributed by atoms with Crippen LogP contribution in [0.3, 0.4) is 0 Å². The van der Waals surface area contributed by atoms with E-state index in [1.165, 1.54) is 17.1 Å². The first-order chi connectivity index (χ1) is 9.40. The molecule has 0 aromatic carbocycles. The highest BCUT2D eigenvalue weighted by molar-refractivity contribution is 5.76. The second kappa shape index (κ2) is 7.22. The molecule has 110 valence electrons. The van der Waals surface area contributed by atoms with Crippen LogP contribution in [-0.2, 0) is 16.1 Å². The molecular weight excluding hydrogens is 268 g/mol. The van der Waals surface area contributed by atoms with Crippen molar-refractivity contribution in [2.75, 3.05) is 6.54 Å². The molecule has 0 fully saturated rings. The molecule has 20 heavy (non-hydrogen) atoms. The van der Waals surface area contributed by atoms with Crippen LogP contribution in [0.2, 0.25) is 0 Å². The standard InChI is InChI=1S/C11H16N4O5/c1-8(11(17)18)2-4-12-10(16)3-5-14-6-9(13-7-14)15(19)20/h6-8H,2-5H2,1H3,(H,12,16)(H,17,18). The van der Waals surface area contributed by atoms with E-state index in [2.05, 4.69) is 10.3 Å². The van der Waals surface area contributed by atoms with Crippen LogP contribution in [-0.4, -0.2) is 38.0 Å². The van der Waals surface area contributed by atoms with E-state index >= 15 is 0 Å². The molecule has 1 heterocycles. The molecule has 9 nitrogen and oxygen atoms in total. The van der Waals surface area contributed by atoms with E-state index in [0.717, 1.165) is 0 Å². The molecule has 1 rings (SSSR count). The van der Waals surface area contributed by atoms with Crippen LogP contribution >= 0.6 is 0 Å². The highest BCUT2D eigenvalue weighted by atomic mass is 16.6. The Morgan fingerprint density at radius 1 is 1.60 bits per heavy atom. The van der Waals surface area contributed by atoms with Crippen molar-refractivity contribution in [3.05, 3.63) is 22.6 Å². The van der Waals surface area contributed by atoms with Crippen LogP contribution < -0.4 is 5.32 Å². The highest BCUT2D eigenvalue weighted by Crippen LogP contribution is 2.06. The SMILES string of the molecule is CC(CCNC(=O)CCn1cnc([N+](=O)[O-])c1)C(=O)O. The number of aliphatic carboxylic acids is 1. The van der Waals surface area contributed by atoms with Crippen LogP contribution in [0.25, 0.3) is 0 Å². The maximum Gasteiger partial charge on any atom is 0.381 e. The lowest BCUT2D eigenvalue weighted by molar-refractivity contribution is -0.389. The number of rotatable bonds is 8. The van der Waals surface area contributed by atoms with Crippen molar-refractivity contribution < 1.29 is 19.6 Å². The number of imidazole rings is 1. The van der Waals surface area contributed by atoms with Gasteiger partial charge in [-0.1, -0.05) is 6.92 Å². The van der Waals surface area contributed by atoms with Gasteiger partial charge in [0.1, 0.15) is 6.20 Å². The molecule has 0 aliphatic heterocycles. The van der Waals surface area contributed by atoms with Gasteiger partial charge in [-0.15, -0.1) is 0 Å². The largest absolute Gasteiger partial charge is 0.481 e. The van der Waals surface area contributed by atoms with Gasteiger partial charge in [-0.3, -0.25) is 9.59 Å². The van der Waals surface area contributed by atoms with Crippen LogP contribution in [0.15, 0.2) is 12.5 Å². The number of nitrogens with one attached hydrogen (secondary N) is 1.